The molecule has 1 N–H and O–H groups in total. The van der Waals surface area contributed by atoms with Gasteiger partial charge in [0.1, 0.15) is 5.56 Å². The Morgan fingerprint density at radius 1 is 1.55 bits per heavy atom. The molecule has 0 atom stereocenters. The molecule has 60 valence electrons. The van der Waals surface area contributed by atoms with Crippen LogP contribution in [0.4, 0.5) is 13.2 Å². The van der Waals surface area contributed by atoms with Crippen molar-refractivity contribution in [1.29, 1.82) is 0 Å². The average molecular weight is 162 g/mol. The van der Waals surface area contributed by atoms with E-state index in [1.165, 1.54) is 0 Å². The summed E-state index contributed by atoms with van der Waals surface area (Å²) in [5.74, 6) is 0. The number of hydrogen-bond donors (Lipinski definition) is 1. The molecule has 2 nitrogen and oxygen atoms in total. The Bertz CT molecular complexity index is 261. The van der Waals surface area contributed by atoms with Crippen LogP contribution in [-0.4, -0.2) is 10.2 Å². The molecular formula is C6H5F3N2. The quantitative estimate of drug-likeness (QED) is 0.672. The lowest BCUT2D eigenvalue weighted by Gasteiger charge is -2.02. The number of H-pyrrole nitrogens is 1. The molecule has 11 heavy (non-hydrogen) atoms. The van der Waals surface area contributed by atoms with Crippen LogP contribution in [0.5, 0.6) is 0 Å². The molecule has 0 unspecified atom stereocenters. The molecule has 0 aromatic carbocycles. The normalized spacial score (nSPS) is 11.5. The lowest BCUT2D eigenvalue weighted by atomic mass is 10.2. The average Bonchev–Trinajstić information content (AvgIpc) is 2.31. The summed E-state index contributed by atoms with van der Waals surface area (Å²) in [4.78, 5) is 0. The van der Waals surface area contributed by atoms with Gasteiger partial charge in [0.15, 0.2) is 0 Å². The predicted molar refractivity (Wildman–Crippen MR) is 33.7 cm³/mol. The number of nitrogens with zero attached hydrogens (tertiary/aromatic N) is 1. The van der Waals surface area contributed by atoms with Crippen molar-refractivity contribution in [3.8, 4) is 0 Å². The van der Waals surface area contributed by atoms with Crippen LogP contribution in [0.25, 0.3) is 6.08 Å². The summed E-state index contributed by atoms with van der Waals surface area (Å²) >= 11 is 0. The highest BCUT2D eigenvalue weighted by Gasteiger charge is 2.34. The van der Waals surface area contributed by atoms with Gasteiger partial charge in [-0.25, -0.2) is 0 Å². The number of halogens is 3. The Balaban J connectivity index is 3.12. The van der Waals surface area contributed by atoms with Crippen molar-refractivity contribution in [1.82, 2.24) is 10.2 Å². The molecule has 0 fully saturated rings. The smallest absolute Gasteiger partial charge is 0.278 e. The summed E-state index contributed by atoms with van der Waals surface area (Å²) in [5.41, 5.74) is -0.884. The van der Waals surface area contributed by atoms with Crippen molar-refractivity contribution >= 4 is 6.08 Å². The topological polar surface area (TPSA) is 28.7 Å². The van der Waals surface area contributed by atoms with Gasteiger partial charge >= 0.3 is 6.18 Å². The maximum atomic E-state index is 12.0. The van der Waals surface area contributed by atoms with Gasteiger partial charge in [-0.1, -0.05) is 6.58 Å². The van der Waals surface area contributed by atoms with Crippen LogP contribution in [0.15, 0.2) is 12.8 Å². The molecule has 1 heterocycles. The number of aromatic nitrogens is 2. The molecule has 0 aliphatic carbocycles. The number of hydrogen-bond acceptors (Lipinski definition) is 1. The van der Waals surface area contributed by atoms with Crippen molar-refractivity contribution in [3.63, 3.8) is 0 Å². The molecule has 0 spiro atoms. The maximum absolute atomic E-state index is 12.0. The van der Waals surface area contributed by atoms with E-state index in [9.17, 15) is 13.2 Å². The van der Waals surface area contributed by atoms with E-state index in [0.717, 1.165) is 12.3 Å². The number of nitrogens with one attached hydrogen (secondary N) is 1. The summed E-state index contributed by atoms with van der Waals surface area (Å²) in [6.07, 6.45) is -2.54. The number of alkyl halides is 3. The van der Waals surface area contributed by atoms with Gasteiger partial charge in [0.25, 0.3) is 0 Å². The standard InChI is InChI=1S/C6H5F3N2/c1-2-5-4(3-10-11-5)6(7,8)9/h2-3H,1H2,(H,10,11). The molecule has 1 aromatic heterocycles. The van der Waals surface area contributed by atoms with Crippen molar-refractivity contribution in [2.24, 2.45) is 0 Å². The van der Waals surface area contributed by atoms with E-state index in [-0.39, 0.29) is 5.69 Å². The molecule has 0 amide bonds. The van der Waals surface area contributed by atoms with Gasteiger partial charge in [0.05, 0.1) is 11.9 Å². The predicted octanol–water partition coefficient (Wildman–Crippen LogP) is 2.07. The van der Waals surface area contributed by atoms with Crippen LogP contribution in [-0.2, 0) is 6.18 Å². The van der Waals surface area contributed by atoms with Crippen molar-refractivity contribution in [2.45, 2.75) is 6.18 Å². The van der Waals surface area contributed by atoms with Crippen LogP contribution in [0.2, 0.25) is 0 Å². The third-order valence-electron chi connectivity index (χ3n) is 1.18. The molecule has 0 saturated carbocycles. The van der Waals surface area contributed by atoms with Gasteiger partial charge in [-0.05, 0) is 6.08 Å². The first kappa shape index (κ1) is 7.84. The SMILES string of the molecule is C=Cc1[nH]ncc1C(F)(F)F. The van der Waals surface area contributed by atoms with Crippen LogP contribution < -0.4 is 0 Å². The van der Waals surface area contributed by atoms with E-state index in [4.69, 9.17) is 0 Å². The van der Waals surface area contributed by atoms with Gasteiger partial charge in [-0.15, -0.1) is 0 Å². The Labute approximate surface area is 60.7 Å². The largest absolute Gasteiger partial charge is 0.420 e. The summed E-state index contributed by atoms with van der Waals surface area (Å²) < 4.78 is 35.9. The Hall–Kier alpha value is -1.26. The fourth-order valence-corrected chi connectivity index (χ4v) is 0.678. The molecule has 1 aromatic rings. The van der Waals surface area contributed by atoms with Crippen LogP contribution >= 0.6 is 0 Å². The van der Waals surface area contributed by atoms with Gasteiger partial charge in [-0.3, -0.25) is 5.10 Å². The van der Waals surface area contributed by atoms with Gasteiger partial charge < -0.3 is 0 Å². The van der Waals surface area contributed by atoms with E-state index in [1.807, 2.05) is 0 Å². The van der Waals surface area contributed by atoms with Crippen molar-refractivity contribution < 1.29 is 13.2 Å². The van der Waals surface area contributed by atoms with Gasteiger partial charge in [0.2, 0.25) is 0 Å². The molecule has 0 bridgehead atoms. The molecule has 0 saturated heterocycles. The van der Waals surface area contributed by atoms with Crippen LogP contribution in [0.3, 0.4) is 0 Å². The van der Waals surface area contributed by atoms with Crippen molar-refractivity contribution in [3.05, 3.63) is 24.0 Å². The molecule has 1 rings (SSSR count). The first-order valence-electron chi connectivity index (χ1n) is 2.78. The third kappa shape index (κ3) is 1.42. The second-order valence-corrected chi connectivity index (χ2v) is 1.90. The van der Waals surface area contributed by atoms with Crippen molar-refractivity contribution in [2.75, 3.05) is 0 Å². The first-order valence-corrected chi connectivity index (χ1v) is 2.78. The molecular weight excluding hydrogens is 157 g/mol. The minimum Gasteiger partial charge on any atom is -0.278 e. The van der Waals surface area contributed by atoms with E-state index >= 15 is 0 Å². The first-order chi connectivity index (χ1) is 5.05. The lowest BCUT2D eigenvalue weighted by Crippen LogP contribution is -2.04. The highest BCUT2D eigenvalue weighted by atomic mass is 19.4. The zero-order chi connectivity index (χ0) is 8.48. The zero-order valence-corrected chi connectivity index (χ0v) is 5.44. The highest BCUT2D eigenvalue weighted by molar-refractivity contribution is 5.46. The number of rotatable bonds is 1. The van der Waals surface area contributed by atoms with Crippen LogP contribution in [0.1, 0.15) is 11.3 Å². The minimum atomic E-state index is -4.35. The van der Waals surface area contributed by atoms with Gasteiger partial charge in [-0.2, -0.15) is 18.3 Å². The fourth-order valence-electron chi connectivity index (χ4n) is 0.678. The van der Waals surface area contributed by atoms with E-state index in [2.05, 4.69) is 16.8 Å². The highest BCUT2D eigenvalue weighted by Crippen LogP contribution is 2.30. The third-order valence-corrected chi connectivity index (χ3v) is 1.18. The second kappa shape index (κ2) is 2.41. The minimum absolute atomic E-state index is 0.0995. The maximum Gasteiger partial charge on any atom is 0.420 e. The van der Waals surface area contributed by atoms with E-state index < -0.39 is 11.7 Å². The number of aromatic amines is 1. The second-order valence-electron chi connectivity index (χ2n) is 1.90. The monoisotopic (exact) mass is 162 g/mol. The summed E-state index contributed by atoms with van der Waals surface area (Å²) in [7, 11) is 0. The molecule has 0 radical (unpaired) electrons. The summed E-state index contributed by atoms with van der Waals surface area (Å²) in [6.45, 7) is 3.21. The van der Waals surface area contributed by atoms with E-state index in [1.54, 1.807) is 0 Å². The summed E-state index contributed by atoms with van der Waals surface area (Å²) in [5, 5.41) is 5.42. The lowest BCUT2D eigenvalue weighted by molar-refractivity contribution is -0.137. The zero-order valence-electron chi connectivity index (χ0n) is 5.44. The molecule has 0 aliphatic rings. The fraction of sp³-hybridized carbons (Fsp3) is 0.167. The van der Waals surface area contributed by atoms with Crippen LogP contribution in [0, 0.1) is 0 Å². The Morgan fingerprint density at radius 2 is 2.18 bits per heavy atom. The Kier molecular flexibility index (Phi) is 1.72. The molecule has 0 aliphatic heterocycles. The summed E-state index contributed by atoms with van der Waals surface area (Å²) in [6, 6.07) is 0. The molecule has 5 heteroatoms. The van der Waals surface area contributed by atoms with E-state index in [0.29, 0.717) is 0 Å². The Morgan fingerprint density at radius 3 is 2.55 bits per heavy atom. The van der Waals surface area contributed by atoms with Gasteiger partial charge in [0, 0.05) is 0 Å².